The number of nitrogens with one attached hydrogen (secondary N) is 1. The molecule has 0 radical (unpaired) electrons. The summed E-state index contributed by atoms with van der Waals surface area (Å²) in [7, 11) is 0. The average Bonchev–Trinajstić information content (AvgIpc) is 2.55. The lowest BCUT2D eigenvalue weighted by Gasteiger charge is -2.17. The van der Waals surface area contributed by atoms with E-state index in [2.05, 4.69) is 5.32 Å². The number of hydrogen-bond donors (Lipinski definition) is 2. The SMILES string of the molecule is N#CCSC(=S)Nc1ccccc1.O=C(O)C1(Cl)C=CC=CC1. The van der Waals surface area contributed by atoms with Crippen LogP contribution in [0.3, 0.4) is 0 Å². The summed E-state index contributed by atoms with van der Waals surface area (Å²) in [6, 6.07) is 11.7. The van der Waals surface area contributed by atoms with Gasteiger partial charge in [0.15, 0.2) is 4.87 Å². The number of anilines is 1. The first-order chi connectivity index (χ1) is 11.0. The number of aliphatic carboxylic acids is 1. The number of carboxylic acids is 1. The van der Waals surface area contributed by atoms with E-state index in [1.54, 1.807) is 18.2 Å². The molecule has 1 unspecified atom stereocenters. The van der Waals surface area contributed by atoms with Gasteiger partial charge >= 0.3 is 5.97 Å². The smallest absolute Gasteiger partial charge is 0.329 e. The number of thioether (sulfide) groups is 1. The van der Waals surface area contributed by atoms with E-state index in [-0.39, 0.29) is 0 Å². The molecule has 23 heavy (non-hydrogen) atoms. The van der Waals surface area contributed by atoms with E-state index in [0.29, 0.717) is 16.5 Å². The molecule has 0 saturated heterocycles. The number of hydrogen-bond acceptors (Lipinski definition) is 4. The molecule has 1 aromatic rings. The first kappa shape index (κ1) is 19.2. The predicted molar refractivity (Wildman–Crippen MR) is 99.9 cm³/mol. The van der Waals surface area contributed by atoms with Crippen LogP contribution in [-0.2, 0) is 4.79 Å². The summed E-state index contributed by atoms with van der Waals surface area (Å²) in [6.45, 7) is 0. The maximum atomic E-state index is 10.5. The Balaban J connectivity index is 0.000000238. The van der Waals surface area contributed by atoms with E-state index in [9.17, 15) is 4.79 Å². The van der Waals surface area contributed by atoms with Crippen LogP contribution in [0.15, 0.2) is 54.6 Å². The van der Waals surface area contributed by atoms with Gasteiger partial charge in [-0.2, -0.15) is 5.26 Å². The molecular weight excluding hydrogens is 352 g/mol. The minimum atomic E-state index is -1.20. The maximum absolute atomic E-state index is 10.5. The standard InChI is InChI=1S/C9H8N2S2.C7H7ClO2/c10-6-7-13-9(12)11-8-4-2-1-3-5-8;8-7(6(9)10)4-2-1-3-5-7/h1-5H,7H2,(H,11,12);1-4H,5H2,(H,9,10). The number of benzene rings is 1. The minimum absolute atomic E-state index is 0.361. The lowest BCUT2D eigenvalue weighted by atomic mass is 10.0. The highest BCUT2D eigenvalue weighted by Crippen LogP contribution is 2.25. The Bertz CT molecular complexity index is 641. The Hall–Kier alpha value is -1.81. The Morgan fingerprint density at radius 3 is 2.61 bits per heavy atom. The number of thiocarbonyl (C=S) groups is 1. The molecule has 4 nitrogen and oxygen atoms in total. The third kappa shape index (κ3) is 7.33. The number of alkyl halides is 1. The third-order valence-corrected chi connectivity index (χ3v) is 4.20. The fraction of sp³-hybridized carbons (Fsp3) is 0.188. The monoisotopic (exact) mass is 366 g/mol. The first-order valence-electron chi connectivity index (χ1n) is 6.60. The van der Waals surface area contributed by atoms with Gasteiger partial charge in [-0.25, -0.2) is 4.79 Å². The zero-order valence-electron chi connectivity index (χ0n) is 12.1. The van der Waals surface area contributed by atoms with Gasteiger partial charge in [-0.1, -0.05) is 66.5 Å². The molecule has 1 aromatic carbocycles. The van der Waals surface area contributed by atoms with Gasteiger partial charge in [0.2, 0.25) is 0 Å². The van der Waals surface area contributed by atoms with Crippen LogP contribution >= 0.6 is 35.6 Å². The fourth-order valence-corrected chi connectivity index (χ4v) is 2.37. The molecule has 0 saturated carbocycles. The summed E-state index contributed by atoms with van der Waals surface area (Å²) in [6.07, 6.45) is 7.01. The number of carboxylic acid groups (broad SMARTS) is 1. The molecule has 0 fully saturated rings. The molecule has 1 aliphatic carbocycles. The molecule has 2 N–H and O–H groups in total. The number of nitrogens with zero attached hydrogens (tertiary/aromatic N) is 1. The summed E-state index contributed by atoms with van der Waals surface area (Å²) >= 11 is 12.0. The molecule has 1 aliphatic rings. The Morgan fingerprint density at radius 2 is 2.13 bits per heavy atom. The maximum Gasteiger partial charge on any atom is 0.329 e. The molecule has 0 spiro atoms. The number of nitriles is 1. The number of halogens is 1. The van der Waals surface area contributed by atoms with Gasteiger partial charge in [0.05, 0.1) is 11.8 Å². The number of rotatable bonds is 3. The molecule has 120 valence electrons. The van der Waals surface area contributed by atoms with E-state index in [1.807, 2.05) is 36.4 Å². The van der Waals surface area contributed by atoms with Crippen molar-refractivity contribution in [2.45, 2.75) is 11.3 Å². The molecule has 7 heteroatoms. The zero-order chi connectivity index (χ0) is 17.1. The van der Waals surface area contributed by atoms with Crippen molar-refractivity contribution >= 4 is 51.6 Å². The van der Waals surface area contributed by atoms with Gasteiger partial charge in [0.25, 0.3) is 0 Å². The van der Waals surface area contributed by atoms with E-state index in [4.69, 9.17) is 34.2 Å². The van der Waals surface area contributed by atoms with Gasteiger partial charge in [-0.15, -0.1) is 11.6 Å². The largest absolute Gasteiger partial charge is 0.480 e. The quantitative estimate of drug-likeness (QED) is 0.616. The van der Waals surface area contributed by atoms with Crippen LogP contribution in [0, 0.1) is 11.3 Å². The minimum Gasteiger partial charge on any atom is -0.480 e. The molecular formula is C16H15ClN2O2S2. The third-order valence-electron chi connectivity index (χ3n) is 2.67. The second-order valence-electron chi connectivity index (χ2n) is 4.38. The van der Waals surface area contributed by atoms with Crippen molar-refractivity contribution in [3.05, 3.63) is 54.6 Å². The molecule has 0 bridgehead atoms. The van der Waals surface area contributed by atoms with Crippen molar-refractivity contribution in [1.29, 1.82) is 5.26 Å². The summed E-state index contributed by atoms with van der Waals surface area (Å²) < 4.78 is 0.632. The van der Waals surface area contributed by atoms with Crippen molar-refractivity contribution in [3.8, 4) is 6.07 Å². The average molecular weight is 367 g/mol. The van der Waals surface area contributed by atoms with Gasteiger partial charge in [-0.05, 0) is 18.6 Å². The molecule has 0 aliphatic heterocycles. The van der Waals surface area contributed by atoms with Crippen LogP contribution in [0.1, 0.15) is 6.42 Å². The lowest BCUT2D eigenvalue weighted by molar-refractivity contribution is -0.138. The van der Waals surface area contributed by atoms with Crippen molar-refractivity contribution in [2.24, 2.45) is 0 Å². The molecule has 0 aromatic heterocycles. The molecule has 0 heterocycles. The van der Waals surface area contributed by atoms with Gasteiger partial charge in [0, 0.05) is 5.69 Å². The van der Waals surface area contributed by atoms with Crippen molar-refractivity contribution in [3.63, 3.8) is 0 Å². The number of carbonyl (C=O) groups is 1. The van der Waals surface area contributed by atoms with Gasteiger partial charge < -0.3 is 10.4 Å². The van der Waals surface area contributed by atoms with Crippen molar-refractivity contribution in [2.75, 3.05) is 11.1 Å². The normalized spacial score (nSPS) is 18.3. The Kier molecular flexibility index (Phi) is 8.41. The number of allylic oxidation sites excluding steroid dienone is 3. The van der Waals surface area contributed by atoms with E-state index >= 15 is 0 Å². The van der Waals surface area contributed by atoms with E-state index in [1.165, 1.54) is 17.8 Å². The highest BCUT2D eigenvalue weighted by atomic mass is 35.5. The summed E-state index contributed by atoms with van der Waals surface area (Å²) in [5.74, 6) is -0.603. The van der Waals surface area contributed by atoms with Crippen LogP contribution in [0.2, 0.25) is 0 Å². The van der Waals surface area contributed by atoms with Crippen LogP contribution in [0.25, 0.3) is 0 Å². The van der Waals surface area contributed by atoms with Crippen molar-refractivity contribution < 1.29 is 9.90 Å². The second-order valence-corrected chi connectivity index (χ2v) is 6.71. The summed E-state index contributed by atoms with van der Waals surface area (Å²) in [5, 5.41) is 19.9. The zero-order valence-corrected chi connectivity index (χ0v) is 14.5. The van der Waals surface area contributed by atoms with E-state index < -0.39 is 10.8 Å². The fourth-order valence-electron chi connectivity index (χ4n) is 1.53. The summed E-state index contributed by atoms with van der Waals surface area (Å²) in [4.78, 5) is 9.26. The first-order valence-corrected chi connectivity index (χ1v) is 8.37. The van der Waals surface area contributed by atoms with Crippen LogP contribution in [0.4, 0.5) is 5.69 Å². The lowest BCUT2D eigenvalue weighted by Crippen LogP contribution is -2.29. The molecule has 0 amide bonds. The van der Waals surface area contributed by atoms with Gasteiger partial charge in [0.1, 0.15) is 4.32 Å². The molecule has 2 rings (SSSR count). The number of para-hydroxylation sites is 1. The summed E-state index contributed by atoms with van der Waals surface area (Å²) in [5.41, 5.74) is 0.956. The van der Waals surface area contributed by atoms with Crippen LogP contribution in [0.5, 0.6) is 0 Å². The Morgan fingerprint density at radius 1 is 1.43 bits per heavy atom. The van der Waals surface area contributed by atoms with Crippen molar-refractivity contribution in [1.82, 2.24) is 0 Å². The molecule has 1 atom stereocenters. The predicted octanol–water partition coefficient (Wildman–Crippen LogP) is 4.20. The van der Waals surface area contributed by atoms with Crippen LogP contribution in [-0.4, -0.2) is 26.0 Å². The van der Waals surface area contributed by atoms with Gasteiger partial charge in [-0.3, -0.25) is 0 Å². The second kappa shape index (κ2) is 10.1. The van der Waals surface area contributed by atoms with E-state index in [0.717, 1.165) is 5.69 Å². The Labute approximate surface area is 149 Å². The van der Waals surface area contributed by atoms with Crippen LogP contribution < -0.4 is 5.32 Å². The highest BCUT2D eigenvalue weighted by Gasteiger charge is 2.32. The highest BCUT2D eigenvalue weighted by molar-refractivity contribution is 8.23. The topological polar surface area (TPSA) is 73.1 Å².